The lowest BCUT2D eigenvalue weighted by Gasteiger charge is -2.34. The van der Waals surface area contributed by atoms with E-state index in [1.807, 2.05) is 0 Å². The minimum absolute atomic E-state index is 0.0517. The van der Waals surface area contributed by atoms with Crippen LogP contribution in [0.3, 0.4) is 0 Å². The molecule has 1 aliphatic heterocycles. The van der Waals surface area contributed by atoms with Crippen LogP contribution in [0.5, 0.6) is 0 Å². The smallest absolute Gasteiger partial charge is 0.270 e. The first-order valence-corrected chi connectivity index (χ1v) is 10.7. The molecule has 0 aliphatic carbocycles. The summed E-state index contributed by atoms with van der Waals surface area (Å²) < 4.78 is 32.2. The van der Waals surface area contributed by atoms with Gasteiger partial charge in [0.1, 0.15) is 10.6 Å². The van der Waals surface area contributed by atoms with Crippen LogP contribution in [-0.2, 0) is 10.0 Å². The van der Waals surface area contributed by atoms with Crippen LogP contribution in [0.25, 0.3) is 0 Å². The molecule has 0 atom stereocenters. The number of carbonyl (C=O) groups excluding carboxylic acids is 1. The molecule has 0 unspecified atom stereocenters. The van der Waals surface area contributed by atoms with Crippen molar-refractivity contribution in [2.24, 2.45) is 0 Å². The molecule has 0 radical (unpaired) electrons. The van der Waals surface area contributed by atoms with E-state index in [0.717, 1.165) is 0 Å². The van der Waals surface area contributed by atoms with E-state index < -0.39 is 14.9 Å². The van der Waals surface area contributed by atoms with Crippen LogP contribution >= 0.6 is 0 Å². The molecule has 12 heteroatoms. The van der Waals surface area contributed by atoms with Crippen molar-refractivity contribution in [2.45, 2.75) is 18.7 Å². The predicted octanol–water partition coefficient (Wildman–Crippen LogP) is 1.41. The number of carbonyl (C=O) groups is 1. The molecule has 2 aromatic rings. The Hall–Kier alpha value is -2.99. The standard InChI is InChI=1S/C18H23N5O6S/c1-12-17(13(2)29-19-12)30(27,28)22-9-7-21(8-10-22)18(24)15-11-14(23(25)26)5-6-16(15)20(3)4/h5-6,11H,7-10H2,1-4H3. The maximum absolute atomic E-state index is 13.1. The van der Waals surface area contributed by atoms with Gasteiger partial charge in [-0.25, -0.2) is 8.42 Å². The molecule has 0 spiro atoms. The number of nitro benzene ring substituents is 1. The van der Waals surface area contributed by atoms with E-state index in [4.69, 9.17) is 4.52 Å². The summed E-state index contributed by atoms with van der Waals surface area (Å²) in [7, 11) is -0.308. The number of rotatable bonds is 5. The Morgan fingerprint density at radius 1 is 1.20 bits per heavy atom. The topological polar surface area (TPSA) is 130 Å². The number of piperazine rings is 1. The molecule has 3 rings (SSSR count). The number of sulfonamides is 1. The fourth-order valence-corrected chi connectivity index (χ4v) is 5.19. The van der Waals surface area contributed by atoms with Crippen LogP contribution in [0.1, 0.15) is 21.8 Å². The van der Waals surface area contributed by atoms with Crippen LogP contribution in [0.4, 0.5) is 11.4 Å². The van der Waals surface area contributed by atoms with Gasteiger partial charge in [0.15, 0.2) is 5.76 Å². The average molecular weight is 437 g/mol. The first-order valence-electron chi connectivity index (χ1n) is 9.22. The highest BCUT2D eigenvalue weighted by molar-refractivity contribution is 7.89. The number of nitro groups is 1. The molecule has 11 nitrogen and oxygen atoms in total. The van der Waals surface area contributed by atoms with Crippen molar-refractivity contribution in [1.29, 1.82) is 0 Å². The van der Waals surface area contributed by atoms with Crippen LogP contribution in [0.2, 0.25) is 0 Å². The number of aromatic nitrogens is 1. The van der Waals surface area contributed by atoms with Crippen LogP contribution < -0.4 is 4.90 Å². The molecule has 30 heavy (non-hydrogen) atoms. The van der Waals surface area contributed by atoms with Crippen LogP contribution in [0, 0.1) is 24.0 Å². The monoisotopic (exact) mass is 437 g/mol. The van der Waals surface area contributed by atoms with Crippen LogP contribution in [-0.4, -0.2) is 73.9 Å². The molecule has 162 valence electrons. The number of amides is 1. The highest BCUT2D eigenvalue weighted by Crippen LogP contribution is 2.27. The van der Waals surface area contributed by atoms with Crippen molar-refractivity contribution < 1.29 is 22.7 Å². The van der Waals surface area contributed by atoms with Crippen molar-refractivity contribution in [3.05, 3.63) is 45.3 Å². The van der Waals surface area contributed by atoms with E-state index in [1.165, 1.54) is 34.3 Å². The zero-order valence-electron chi connectivity index (χ0n) is 17.2. The lowest BCUT2D eigenvalue weighted by molar-refractivity contribution is -0.384. The van der Waals surface area contributed by atoms with Gasteiger partial charge >= 0.3 is 0 Å². The highest BCUT2D eigenvalue weighted by atomic mass is 32.2. The maximum Gasteiger partial charge on any atom is 0.270 e. The minimum atomic E-state index is -3.79. The molecule has 0 N–H and O–H groups in total. The van der Waals surface area contributed by atoms with Gasteiger partial charge in [0.05, 0.1) is 10.5 Å². The summed E-state index contributed by atoms with van der Waals surface area (Å²) in [4.78, 5) is 26.9. The van der Waals surface area contributed by atoms with Crippen LogP contribution in [0.15, 0.2) is 27.6 Å². The van der Waals surface area contributed by atoms with Crippen molar-refractivity contribution in [3.8, 4) is 0 Å². The van der Waals surface area contributed by atoms with Gasteiger partial charge in [-0.05, 0) is 19.9 Å². The molecule has 1 aliphatic rings. The van der Waals surface area contributed by atoms with Gasteiger partial charge < -0.3 is 14.3 Å². The van der Waals surface area contributed by atoms with E-state index >= 15 is 0 Å². The summed E-state index contributed by atoms with van der Waals surface area (Å²) in [5.74, 6) is -0.157. The van der Waals surface area contributed by atoms with Gasteiger partial charge in [-0.1, -0.05) is 5.16 Å². The number of aryl methyl sites for hydroxylation is 2. The molecule has 1 aromatic carbocycles. The molecular formula is C18H23N5O6S. The third kappa shape index (κ3) is 3.87. The number of anilines is 1. The van der Waals surface area contributed by atoms with Gasteiger partial charge in [-0.3, -0.25) is 14.9 Å². The highest BCUT2D eigenvalue weighted by Gasteiger charge is 2.35. The number of benzene rings is 1. The summed E-state index contributed by atoms with van der Waals surface area (Å²) in [6, 6.07) is 4.13. The van der Waals surface area contributed by atoms with Crippen molar-refractivity contribution in [2.75, 3.05) is 45.2 Å². The zero-order valence-corrected chi connectivity index (χ0v) is 18.0. The summed E-state index contributed by atoms with van der Waals surface area (Å²) >= 11 is 0. The van der Waals surface area contributed by atoms with E-state index in [-0.39, 0.29) is 54.0 Å². The third-order valence-electron chi connectivity index (χ3n) is 4.99. The molecule has 2 heterocycles. The second-order valence-corrected chi connectivity index (χ2v) is 9.08. The zero-order chi connectivity index (χ0) is 22.2. The third-order valence-corrected chi connectivity index (χ3v) is 7.14. The summed E-state index contributed by atoms with van der Waals surface area (Å²) in [6.07, 6.45) is 0. The van der Waals surface area contributed by atoms with E-state index in [9.17, 15) is 23.3 Å². The Kier molecular flexibility index (Phi) is 5.81. The first-order chi connectivity index (χ1) is 14.0. The lowest BCUT2D eigenvalue weighted by Crippen LogP contribution is -2.50. The second-order valence-electron chi connectivity index (χ2n) is 7.20. The van der Waals surface area contributed by atoms with E-state index in [2.05, 4.69) is 5.16 Å². The van der Waals surface area contributed by atoms with Gasteiger partial charge in [-0.15, -0.1) is 0 Å². The number of hydrogen-bond donors (Lipinski definition) is 0. The Labute approximate surface area is 174 Å². The molecule has 1 saturated heterocycles. The van der Waals surface area contributed by atoms with Gasteiger partial charge in [-0.2, -0.15) is 4.31 Å². The van der Waals surface area contributed by atoms with Gasteiger partial charge in [0, 0.05) is 58.1 Å². The minimum Gasteiger partial charge on any atom is -0.377 e. The van der Waals surface area contributed by atoms with Gasteiger partial charge in [0.25, 0.3) is 11.6 Å². The fourth-order valence-electron chi connectivity index (χ4n) is 3.47. The van der Waals surface area contributed by atoms with Crippen molar-refractivity contribution >= 4 is 27.3 Å². The molecule has 1 aromatic heterocycles. The van der Waals surface area contributed by atoms with Crippen molar-refractivity contribution in [3.63, 3.8) is 0 Å². The number of hydrogen-bond acceptors (Lipinski definition) is 8. The number of non-ortho nitro benzene ring substituents is 1. The molecular weight excluding hydrogens is 414 g/mol. The summed E-state index contributed by atoms with van der Waals surface area (Å²) in [5, 5.41) is 14.8. The van der Waals surface area contributed by atoms with E-state index in [0.29, 0.717) is 11.4 Å². The summed E-state index contributed by atoms with van der Waals surface area (Å²) in [5.41, 5.74) is 0.870. The molecule has 1 fully saturated rings. The second kappa shape index (κ2) is 8.03. The SMILES string of the molecule is Cc1noc(C)c1S(=O)(=O)N1CCN(C(=O)c2cc([N+](=O)[O-])ccc2N(C)C)CC1. The molecule has 0 bridgehead atoms. The Morgan fingerprint density at radius 2 is 1.83 bits per heavy atom. The Morgan fingerprint density at radius 3 is 2.33 bits per heavy atom. The molecule has 1 amide bonds. The summed E-state index contributed by atoms with van der Waals surface area (Å²) in [6.45, 7) is 3.63. The quantitative estimate of drug-likeness (QED) is 0.507. The normalized spacial score (nSPS) is 15.3. The fraction of sp³-hybridized carbons (Fsp3) is 0.444. The van der Waals surface area contributed by atoms with Gasteiger partial charge in [0.2, 0.25) is 10.0 Å². The number of nitrogens with zero attached hydrogens (tertiary/aromatic N) is 5. The average Bonchev–Trinajstić information content (AvgIpc) is 3.05. The van der Waals surface area contributed by atoms with Crippen molar-refractivity contribution in [1.82, 2.24) is 14.4 Å². The predicted molar refractivity (Wildman–Crippen MR) is 108 cm³/mol. The Balaban J connectivity index is 1.81. The first kappa shape index (κ1) is 21.7. The lowest BCUT2D eigenvalue weighted by atomic mass is 10.1. The largest absolute Gasteiger partial charge is 0.377 e. The van der Waals surface area contributed by atoms with E-state index in [1.54, 1.807) is 25.9 Å². The maximum atomic E-state index is 13.1. The molecule has 0 saturated carbocycles. The Bertz CT molecular complexity index is 1070.